The summed E-state index contributed by atoms with van der Waals surface area (Å²) in [5.41, 5.74) is 9.25. The van der Waals surface area contributed by atoms with Crippen LogP contribution in [0, 0.1) is 0 Å². The summed E-state index contributed by atoms with van der Waals surface area (Å²) in [6, 6.07) is 9.67. The molecule has 1 aromatic rings. The second-order valence-electron chi connectivity index (χ2n) is 6.60. The average Bonchev–Trinajstić information content (AvgIpc) is 2.28. The van der Waals surface area contributed by atoms with E-state index in [0.717, 1.165) is 13.0 Å². The van der Waals surface area contributed by atoms with Crippen LogP contribution in [0.4, 0.5) is 0 Å². The zero-order valence-corrected chi connectivity index (χ0v) is 12.1. The number of nitrogens with zero attached hydrogens (tertiary/aromatic N) is 1. The maximum Gasteiger partial charge on any atom is 0.0496 e. The predicted molar refractivity (Wildman–Crippen MR) is 77.7 cm³/mol. The lowest BCUT2D eigenvalue weighted by Crippen LogP contribution is -2.43. The summed E-state index contributed by atoms with van der Waals surface area (Å²) < 4.78 is 0. The van der Waals surface area contributed by atoms with Crippen molar-refractivity contribution in [1.29, 1.82) is 0 Å². The van der Waals surface area contributed by atoms with E-state index in [1.807, 2.05) is 0 Å². The van der Waals surface area contributed by atoms with Gasteiger partial charge in [-0.25, -0.2) is 0 Å². The van der Waals surface area contributed by atoms with Crippen molar-refractivity contribution in [3.8, 4) is 0 Å². The van der Waals surface area contributed by atoms with Crippen LogP contribution in [0.1, 0.15) is 50.8 Å². The van der Waals surface area contributed by atoms with Gasteiger partial charge in [-0.15, -0.1) is 0 Å². The third-order valence-electron chi connectivity index (χ3n) is 4.05. The molecule has 0 radical (unpaired) electrons. The molecule has 2 heteroatoms. The lowest BCUT2D eigenvalue weighted by molar-refractivity contribution is 0.163. The summed E-state index contributed by atoms with van der Waals surface area (Å²) in [7, 11) is 2.18. The molecule has 1 fully saturated rings. The first-order valence-corrected chi connectivity index (χ1v) is 6.96. The van der Waals surface area contributed by atoms with E-state index in [1.54, 1.807) is 0 Å². The van der Waals surface area contributed by atoms with Crippen LogP contribution in [0.3, 0.4) is 0 Å². The SMILES string of the molecule is CN1CCCC(N)C1c1ccc(C(C)(C)C)cc1. The highest BCUT2D eigenvalue weighted by Gasteiger charge is 2.27. The normalized spacial score (nSPS) is 26.3. The Kier molecular flexibility index (Phi) is 3.79. The van der Waals surface area contributed by atoms with Crippen LogP contribution in [0.5, 0.6) is 0 Å². The van der Waals surface area contributed by atoms with Crippen molar-refractivity contribution in [2.24, 2.45) is 5.73 Å². The Bertz CT molecular complexity index is 379. The highest BCUT2D eigenvalue weighted by Crippen LogP contribution is 2.30. The smallest absolute Gasteiger partial charge is 0.0496 e. The van der Waals surface area contributed by atoms with Crippen molar-refractivity contribution in [2.45, 2.75) is 51.1 Å². The number of hydrogen-bond donors (Lipinski definition) is 1. The average molecular weight is 246 g/mol. The Hall–Kier alpha value is -0.860. The van der Waals surface area contributed by atoms with Crippen molar-refractivity contribution < 1.29 is 0 Å². The molecule has 0 aliphatic carbocycles. The van der Waals surface area contributed by atoms with Crippen LogP contribution in [0.25, 0.3) is 0 Å². The van der Waals surface area contributed by atoms with Crippen LogP contribution >= 0.6 is 0 Å². The molecule has 2 nitrogen and oxygen atoms in total. The van der Waals surface area contributed by atoms with Gasteiger partial charge in [0.25, 0.3) is 0 Å². The van der Waals surface area contributed by atoms with Gasteiger partial charge in [0.1, 0.15) is 0 Å². The molecule has 1 aromatic carbocycles. The number of rotatable bonds is 1. The Morgan fingerprint density at radius 2 is 1.78 bits per heavy atom. The molecule has 0 amide bonds. The molecule has 0 bridgehead atoms. The molecule has 1 saturated heterocycles. The molecule has 1 aliphatic rings. The first-order chi connectivity index (χ1) is 8.39. The molecule has 2 atom stereocenters. The fraction of sp³-hybridized carbons (Fsp3) is 0.625. The van der Waals surface area contributed by atoms with E-state index in [-0.39, 0.29) is 11.5 Å². The molecule has 2 unspecified atom stereocenters. The number of benzene rings is 1. The quantitative estimate of drug-likeness (QED) is 0.825. The molecule has 18 heavy (non-hydrogen) atoms. The van der Waals surface area contributed by atoms with Gasteiger partial charge in [0.15, 0.2) is 0 Å². The van der Waals surface area contributed by atoms with E-state index in [0.29, 0.717) is 6.04 Å². The summed E-state index contributed by atoms with van der Waals surface area (Å²) in [6.45, 7) is 7.90. The number of likely N-dealkylation sites (tertiary alicyclic amines) is 1. The second kappa shape index (κ2) is 5.02. The topological polar surface area (TPSA) is 29.3 Å². The number of piperidine rings is 1. The largest absolute Gasteiger partial charge is 0.326 e. The van der Waals surface area contributed by atoms with Gasteiger partial charge in [-0.1, -0.05) is 45.0 Å². The lowest BCUT2D eigenvalue weighted by atomic mass is 9.85. The molecule has 1 aliphatic heterocycles. The van der Waals surface area contributed by atoms with E-state index >= 15 is 0 Å². The Morgan fingerprint density at radius 1 is 1.17 bits per heavy atom. The van der Waals surface area contributed by atoms with Gasteiger partial charge >= 0.3 is 0 Å². The lowest BCUT2D eigenvalue weighted by Gasteiger charge is -2.37. The van der Waals surface area contributed by atoms with Crippen molar-refractivity contribution >= 4 is 0 Å². The Morgan fingerprint density at radius 3 is 2.28 bits per heavy atom. The van der Waals surface area contributed by atoms with Gasteiger partial charge in [0, 0.05) is 12.1 Å². The first-order valence-electron chi connectivity index (χ1n) is 6.96. The molecular weight excluding hydrogens is 220 g/mol. The second-order valence-corrected chi connectivity index (χ2v) is 6.60. The third kappa shape index (κ3) is 2.76. The molecule has 2 N–H and O–H groups in total. The predicted octanol–water partition coefficient (Wildman–Crippen LogP) is 3.08. The summed E-state index contributed by atoms with van der Waals surface area (Å²) in [4.78, 5) is 2.39. The summed E-state index contributed by atoms with van der Waals surface area (Å²) >= 11 is 0. The van der Waals surface area contributed by atoms with Crippen molar-refractivity contribution in [1.82, 2.24) is 4.90 Å². The fourth-order valence-corrected chi connectivity index (χ4v) is 2.88. The summed E-state index contributed by atoms with van der Waals surface area (Å²) in [6.07, 6.45) is 2.35. The standard InChI is InChI=1S/C16H26N2/c1-16(2,3)13-9-7-12(8-10-13)15-14(17)6-5-11-18(15)4/h7-10,14-15H,5-6,11,17H2,1-4H3. The Labute approximate surface area is 111 Å². The maximum absolute atomic E-state index is 6.28. The van der Waals surface area contributed by atoms with E-state index in [4.69, 9.17) is 5.73 Å². The van der Waals surface area contributed by atoms with Crippen molar-refractivity contribution in [3.05, 3.63) is 35.4 Å². The Balaban J connectivity index is 2.23. The van der Waals surface area contributed by atoms with Gasteiger partial charge in [-0.2, -0.15) is 0 Å². The molecule has 0 aromatic heterocycles. The molecule has 1 heterocycles. The number of nitrogens with two attached hydrogens (primary N) is 1. The van der Waals surface area contributed by atoms with Crippen molar-refractivity contribution in [2.75, 3.05) is 13.6 Å². The van der Waals surface area contributed by atoms with E-state index in [1.165, 1.54) is 17.5 Å². The van der Waals surface area contributed by atoms with Gasteiger partial charge in [0.2, 0.25) is 0 Å². The summed E-state index contributed by atoms with van der Waals surface area (Å²) in [5, 5.41) is 0. The van der Waals surface area contributed by atoms with Gasteiger partial charge in [-0.3, -0.25) is 4.90 Å². The minimum Gasteiger partial charge on any atom is -0.326 e. The van der Waals surface area contributed by atoms with Crippen LogP contribution in [0.2, 0.25) is 0 Å². The van der Waals surface area contributed by atoms with E-state index in [9.17, 15) is 0 Å². The van der Waals surface area contributed by atoms with Crippen LogP contribution < -0.4 is 5.73 Å². The van der Waals surface area contributed by atoms with E-state index < -0.39 is 0 Å². The molecule has 100 valence electrons. The molecule has 2 rings (SSSR count). The van der Waals surface area contributed by atoms with Gasteiger partial charge in [0.05, 0.1) is 0 Å². The number of likely N-dealkylation sites (N-methyl/N-ethyl adjacent to an activating group) is 1. The number of hydrogen-bond acceptors (Lipinski definition) is 2. The fourth-order valence-electron chi connectivity index (χ4n) is 2.88. The van der Waals surface area contributed by atoms with Crippen molar-refractivity contribution in [3.63, 3.8) is 0 Å². The zero-order chi connectivity index (χ0) is 13.3. The molecule has 0 saturated carbocycles. The van der Waals surface area contributed by atoms with Gasteiger partial charge in [-0.05, 0) is 43.0 Å². The zero-order valence-electron chi connectivity index (χ0n) is 12.1. The molecule has 0 spiro atoms. The monoisotopic (exact) mass is 246 g/mol. The highest BCUT2D eigenvalue weighted by atomic mass is 15.2. The minimum absolute atomic E-state index is 0.221. The minimum atomic E-state index is 0.221. The maximum atomic E-state index is 6.28. The van der Waals surface area contributed by atoms with E-state index in [2.05, 4.69) is 57.0 Å². The van der Waals surface area contributed by atoms with Crippen LogP contribution in [-0.2, 0) is 5.41 Å². The highest BCUT2D eigenvalue weighted by molar-refractivity contribution is 5.30. The summed E-state index contributed by atoms with van der Waals surface area (Å²) in [5.74, 6) is 0. The van der Waals surface area contributed by atoms with Crippen LogP contribution in [-0.4, -0.2) is 24.5 Å². The van der Waals surface area contributed by atoms with Crippen LogP contribution in [0.15, 0.2) is 24.3 Å². The third-order valence-corrected chi connectivity index (χ3v) is 4.05. The molecular formula is C16H26N2. The van der Waals surface area contributed by atoms with Gasteiger partial charge < -0.3 is 5.73 Å². The first kappa shape index (κ1) is 13.6.